The molecular weight excluding hydrogens is 388 g/mol. The average molecular weight is 411 g/mol. The number of nitrogens with two attached hydrogens (primary N) is 1. The van der Waals surface area contributed by atoms with Crippen molar-refractivity contribution in [2.75, 3.05) is 18.2 Å². The highest BCUT2D eigenvalue weighted by molar-refractivity contribution is 7.98. The van der Waals surface area contributed by atoms with E-state index in [2.05, 4.69) is 20.6 Å². The van der Waals surface area contributed by atoms with Crippen molar-refractivity contribution < 1.29 is 9.63 Å². The molecule has 0 aliphatic carbocycles. The summed E-state index contributed by atoms with van der Waals surface area (Å²) in [5, 5.41) is 10.9. The standard InChI is InChI=1S/C20H22N6O2S/c1-13-9-14(2)26(24-13)18-8-7-15(11-22-18)20(21)25-28-12-19(27)23-16-5-4-6-17(10-16)29-3/h4-11H,12H2,1-3H3,(H2,21,25)(H,23,27). The van der Waals surface area contributed by atoms with Gasteiger partial charge in [-0.3, -0.25) is 4.79 Å². The quantitative estimate of drug-likeness (QED) is 0.268. The largest absolute Gasteiger partial charge is 0.384 e. The third-order valence-electron chi connectivity index (χ3n) is 3.98. The van der Waals surface area contributed by atoms with Crippen LogP contribution in [-0.4, -0.2) is 39.4 Å². The van der Waals surface area contributed by atoms with E-state index in [1.807, 2.05) is 50.4 Å². The summed E-state index contributed by atoms with van der Waals surface area (Å²) in [4.78, 5) is 22.5. The van der Waals surface area contributed by atoms with E-state index in [1.165, 1.54) is 0 Å². The van der Waals surface area contributed by atoms with Crippen LogP contribution in [0.4, 0.5) is 5.69 Å². The summed E-state index contributed by atoms with van der Waals surface area (Å²) >= 11 is 1.60. The molecule has 0 spiro atoms. The number of hydrogen-bond donors (Lipinski definition) is 2. The molecule has 3 rings (SSSR count). The normalized spacial score (nSPS) is 11.3. The molecule has 0 bridgehead atoms. The molecular formula is C20H22N6O2S. The van der Waals surface area contributed by atoms with Gasteiger partial charge >= 0.3 is 0 Å². The van der Waals surface area contributed by atoms with Gasteiger partial charge in [-0.15, -0.1) is 11.8 Å². The first-order valence-electron chi connectivity index (χ1n) is 8.85. The van der Waals surface area contributed by atoms with Crippen molar-refractivity contribution in [1.29, 1.82) is 0 Å². The van der Waals surface area contributed by atoms with Crippen molar-refractivity contribution in [2.24, 2.45) is 10.9 Å². The molecule has 0 saturated heterocycles. The molecule has 3 aromatic rings. The molecule has 2 aromatic heterocycles. The van der Waals surface area contributed by atoms with E-state index in [4.69, 9.17) is 10.6 Å². The van der Waals surface area contributed by atoms with Crippen LogP contribution in [0.2, 0.25) is 0 Å². The Hall–Kier alpha value is -3.33. The maximum Gasteiger partial charge on any atom is 0.265 e. The van der Waals surface area contributed by atoms with Crippen LogP contribution in [0.15, 0.2) is 58.7 Å². The number of benzene rings is 1. The summed E-state index contributed by atoms with van der Waals surface area (Å²) < 4.78 is 1.75. The summed E-state index contributed by atoms with van der Waals surface area (Å²) in [5.41, 5.74) is 9.11. The van der Waals surface area contributed by atoms with Gasteiger partial charge in [-0.1, -0.05) is 11.2 Å². The summed E-state index contributed by atoms with van der Waals surface area (Å²) in [6, 6.07) is 13.1. The van der Waals surface area contributed by atoms with Gasteiger partial charge in [0.15, 0.2) is 18.3 Å². The zero-order valence-corrected chi connectivity index (χ0v) is 17.2. The number of amidine groups is 1. The predicted molar refractivity (Wildman–Crippen MR) is 114 cm³/mol. The minimum absolute atomic E-state index is 0.134. The van der Waals surface area contributed by atoms with Gasteiger partial charge in [0, 0.05) is 28.0 Å². The lowest BCUT2D eigenvalue weighted by Crippen LogP contribution is -2.19. The van der Waals surface area contributed by atoms with Crippen LogP contribution in [0.5, 0.6) is 0 Å². The van der Waals surface area contributed by atoms with Crippen LogP contribution in [0.3, 0.4) is 0 Å². The highest BCUT2D eigenvalue weighted by Crippen LogP contribution is 2.18. The van der Waals surface area contributed by atoms with Crippen molar-refractivity contribution in [3.63, 3.8) is 0 Å². The second-order valence-electron chi connectivity index (χ2n) is 6.27. The first-order valence-corrected chi connectivity index (χ1v) is 10.1. The maximum atomic E-state index is 12.0. The Morgan fingerprint density at radius 3 is 2.76 bits per heavy atom. The van der Waals surface area contributed by atoms with Crippen LogP contribution in [0.25, 0.3) is 5.82 Å². The van der Waals surface area contributed by atoms with Crippen molar-refractivity contribution in [1.82, 2.24) is 14.8 Å². The average Bonchev–Trinajstić information content (AvgIpc) is 3.06. The third kappa shape index (κ3) is 5.35. The van der Waals surface area contributed by atoms with Gasteiger partial charge in [0.25, 0.3) is 5.91 Å². The Morgan fingerprint density at radius 1 is 1.28 bits per heavy atom. The zero-order valence-electron chi connectivity index (χ0n) is 16.4. The fraction of sp³-hybridized carbons (Fsp3) is 0.200. The minimum Gasteiger partial charge on any atom is -0.384 e. The van der Waals surface area contributed by atoms with E-state index < -0.39 is 0 Å². The number of hydrogen-bond acceptors (Lipinski definition) is 6. The van der Waals surface area contributed by atoms with E-state index in [0.29, 0.717) is 17.1 Å². The molecule has 3 N–H and O–H groups in total. The lowest BCUT2D eigenvalue weighted by Gasteiger charge is -2.07. The summed E-state index contributed by atoms with van der Waals surface area (Å²) in [7, 11) is 0. The van der Waals surface area contributed by atoms with Crippen LogP contribution in [0.1, 0.15) is 17.0 Å². The summed E-state index contributed by atoms with van der Waals surface area (Å²) in [6.07, 6.45) is 3.56. The molecule has 1 amide bonds. The predicted octanol–water partition coefficient (Wildman–Crippen LogP) is 2.88. The lowest BCUT2D eigenvalue weighted by atomic mass is 10.2. The third-order valence-corrected chi connectivity index (χ3v) is 4.71. The Kier molecular flexibility index (Phi) is 6.50. The molecule has 9 heteroatoms. The number of carbonyl (C=O) groups excluding carboxylic acids is 1. The monoisotopic (exact) mass is 410 g/mol. The van der Waals surface area contributed by atoms with E-state index >= 15 is 0 Å². The van der Waals surface area contributed by atoms with Gasteiger partial charge in [0.05, 0.1) is 5.69 Å². The molecule has 0 aliphatic rings. The molecule has 0 unspecified atom stereocenters. The van der Waals surface area contributed by atoms with Crippen LogP contribution in [0, 0.1) is 13.8 Å². The number of nitrogens with zero attached hydrogens (tertiary/aromatic N) is 4. The van der Waals surface area contributed by atoms with Gasteiger partial charge in [-0.2, -0.15) is 5.10 Å². The number of aryl methyl sites for hydroxylation is 2. The van der Waals surface area contributed by atoms with Crippen molar-refractivity contribution in [3.8, 4) is 5.82 Å². The highest BCUT2D eigenvalue weighted by Gasteiger charge is 2.07. The molecule has 1 aromatic carbocycles. The molecule has 150 valence electrons. The minimum atomic E-state index is -0.321. The van der Waals surface area contributed by atoms with E-state index in [9.17, 15) is 4.79 Å². The summed E-state index contributed by atoms with van der Waals surface area (Å²) in [5.74, 6) is 0.493. The Bertz CT molecular complexity index is 1030. The second-order valence-corrected chi connectivity index (χ2v) is 7.15. The Labute approximate surface area is 173 Å². The number of carbonyl (C=O) groups is 1. The Morgan fingerprint density at radius 2 is 2.10 bits per heavy atom. The van der Waals surface area contributed by atoms with Gasteiger partial charge < -0.3 is 15.9 Å². The van der Waals surface area contributed by atoms with Crippen molar-refractivity contribution in [2.45, 2.75) is 18.7 Å². The van der Waals surface area contributed by atoms with E-state index in [0.717, 1.165) is 16.3 Å². The zero-order chi connectivity index (χ0) is 20.8. The maximum absolute atomic E-state index is 12.0. The van der Waals surface area contributed by atoms with Crippen LogP contribution < -0.4 is 11.1 Å². The SMILES string of the molecule is CSc1cccc(NC(=O)CO/N=C(/N)c2ccc(-n3nc(C)cc3C)nc2)c1. The number of pyridine rings is 1. The van der Waals surface area contributed by atoms with Crippen molar-refractivity contribution >= 4 is 29.2 Å². The molecule has 2 heterocycles. The first kappa shape index (κ1) is 20.4. The molecule has 0 radical (unpaired) electrons. The fourth-order valence-corrected chi connectivity index (χ4v) is 3.09. The number of anilines is 1. The smallest absolute Gasteiger partial charge is 0.265 e. The topological polar surface area (TPSA) is 107 Å². The number of rotatable bonds is 7. The molecule has 29 heavy (non-hydrogen) atoms. The molecule has 0 aliphatic heterocycles. The molecule has 0 atom stereocenters. The van der Waals surface area contributed by atoms with E-state index in [-0.39, 0.29) is 18.3 Å². The molecule has 0 fully saturated rings. The van der Waals surface area contributed by atoms with Crippen LogP contribution in [-0.2, 0) is 9.63 Å². The Balaban J connectivity index is 1.56. The second kappa shape index (κ2) is 9.24. The van der Waals surface area contributed by atoms with Gasteiger partial charge in [-0.25, -0.2) is 9.67 Å². The van der Waals surface area contributed by atoms with E-state index in [1.54, 1.807) is 34.8 Å². The fourth-order valence-electron chi connectivity index (χ4n) is 2.63. The summed E-state index contributed by atoms with van der Waals surface area (Å²) in [6.45, 7) is 3.64. The van der Waals surface area contributed by atoms with Gasteiger partial charge in [0.1, 0.15) is 0 Å². The lowest BCUT2D eigenvalue weighted by molar-refractivity contribution is -0.120. The van der Waals surface area contributed by atoms with Crippen LogP contribution >= 0.6 is 11.8 Å². The number of oxime groups is 1. The van der Waals surface area contributed by atoms with Gasteiger partial charge in [0.2, 0.25) is 0 Å². The molecule has 0 saturated carbocycles. The van der Waals surface area contributed by atoms with Gasteiger partial charge in [-0.05, 0) is 56.5 Å². The number of thioether (sulfide) groups is 1. The number of nitrogens with one attached hydrogen (secondary N) is 1. The van der Waals surface area contributed by atoms with Crippen molar-refractivity contribution in [3.05, 3.63) is 65.6 Å². The molecule has 8 nitrogen and oxygen atoms in total. The highest BCUT2D eigenvalue weighted by atomic mass is 32.2. The number of aromatic nitrogens is 3. The first-order chi connectivity index (χ1) is 14.0. The number of amides is 1.